The van der Waals surface area contributed by atoms with E-state index in [0.29, 0.717) is 12.3 Å². The Bertz CT molecular complexity index is 268. The third-order valence-electron chi connectivity index (χ3n) is 2.40. The number of carbonyl (C=O) groups is 1. The molecule has 0 saturated carbocycles. The van der Waals surface area contributed by atoms with E-state index in [9.17, 15) is 4.79 Å². The van der Waals surface area contributed by atoms with Gasteiger partial charge in [0.15, 0.2) is 0 Å². The molecule has 1 heterocycles. The predicted octanol–water partition coefficient (Wildman–Crippen LogP) is 0.294. The largest absolute Gasteiger partial charge is 0.399 e. The zero-order valence-electron chi connectivity index (χ0n) is 6.79. The van der Waals surface area contributed by atoms with Gasteiger partial charge in [-0.05, 0) is 12.5 Å². The summed E-state index contributed by atoms with van der Waals surface area (Å²) in [5.41, 5.74) is 6.45. The third kappa shape index (κ3) is 1.22. The van der Waals surface area contributed by atoms with Crippen molar-refractivity contribution in [1.82, 2.24) is 5.32 Å². The maximum Gasteiger partial charge on any atom is 0.220 e. The number of allylic oxidation sites excluding steroid dienone is 1. The zero-order valence-corrected chi connectivity index (χ0v) is 6.79. The highest BCUT2D eigenvalue weighted by Crippen LogP contribution is 2.23. The summed E-state index contributed by atoms with van der Waals surface area (Å²) in [6, 6.07) is 0.179. The van der Waals surface area contributed by atoms with E-state index < -0.39 is 0 Å². The van der Waals surface area contributed by atoms with Crippen LogP contribution in [0, 0.1) is 5.92 Å². The highest BCUT2D eigenvalue weighted by atomic mass is 16.1. The van der Waals surface area contributed by atoms with E-state index >= 15 is 0 Å². The van der Waals surface area contributed by atoms with Crippen LogP contribution >= 0.6 is 0 Å². The molecule has 2 aliphatic rings. The smallest absolute Gasteiger partial charge is 0.220 e. The molecule has 2 atom stereocenters. The number of nitrogens with two attached hydrogens (primary N) is 1. The Morgan fingerprint density at radius 2 is 2.42 bits per heavy atom. The molecule has 0 spiro atoms. The van der Waals surface area contributed by atoms with Gasteiger partial charge in [0.1, 0.15) is 0 Å². The number of nitrogens with one attached hydrogen (secondary N) is 1. The van der Waals surface area contributed by atoms with Gasteiger partial charge in [-0.1, -0.05) is 12.2 Å². The van der Waals surface area contributed by atoms with Crippen LogP contribution in [0.5, 0.6) is 0 Å². The molecule has 3 N–H and O–H groups in total. The van der Waals surface area contributed by atoms with Gasteiger partial charge in [0, 0.05) is 18.0 Å². The van der Waals surface area contributed by atoms with Crippen molar-refractivity contribution >= 4 is 5.91 Å². The topological polar surface area (TPSA) is 55.1 Å². The maximum atomic E-state index is 11.0. The molecule has 2 unspecified atom stereocenters. The summed E-state index contributed by atoms with van der Waals surface area (Å²) in [6.45, 7) is 0. The summed E-state index contributed by atoms with van der Waals surface area (Å²) in [6.07, 6.45) is 7.40. The van der Waals surface area contributed by atoms with E-state index in [1.807, 2.05) is 18.2 Å². The molecule has 0 aromatic carbocycles. The first-order valence-corrected chi connectivity index (χ1v) is 4.20. The minimum atomic E-state index is 0.148. The van der Waals surface area contributed by atoms with Crippen LogP contribution in [-0.2, 0) is 4.79 Å². The molecule has 3 heteroatoms. The van der Waals surface area contributed by atoms with Gasteiger partial charge in [-0.3, -0.25) is 4.79 Å². The van der Waals surface area contributed by atoms with Crippen molar-refractivity contribution in [1.29, 1.82) is 0 Å². The van der Waals surface area contributed by atoms with Crippen LogP contribution in [0.1, 0.15) is 12.8 Å². The molecule has 0 bridgehead atoms. The van der Waals surface area contributed by atoms with Crippen molar-refractivity contribution in [3.05, 3.63) is 23.9 Å². The van der Waals surface area contributed by atoms with E-state index in [0.717, 1.165) is 12.1 Å². The van der Waals surface area contributed by atoms with Gasteiger partial charge in [-0.15, -0.1) is 0 Å². The van der Waals surface area contributed by atoms with Gasteiger partial charge in [0.05, 0.1) is 6.04 Å². The summed E-state index contributed by atoms with van der Waals surface area (Å²) in [5, 5.41) is 2.91. The van der Waals surface area contributed by atoms with Crippen molar-refractivity contribution in [2.24, 2.45) is 11.7 Å². The van der Waals surface area contributed by atoms with Gasteiger partial charge < -0.3 is 11.1 Å². The molecule has 1 fully saturated rings. The number of hydrogen-bond donors (Lipinski definition) is 2. The predicted molar refractivity (Wildman–Crippen MR) is 46.1 cm³/mol. The molecular formula is C9H12N2O. The minimum Gasteiger partial charge on any atom is -0.399 e. The molecular weight excluding hydrogens is 152 g/mol. The summed E-state index contributed by atoms with van der Waals surface area (Å²) < 4.78 is 0. The fourth-order valence-electron chi connectivity index (χ4n) is 1.74. The van der Waals surface area contributed by atoms with Gasteiger partial charge in [0.25, 0.3) is 0 Å². The monoisotopic (exact) mass is 164 g/mol. The van der Waals surface area contributed by atoms with Crippen molar-refractivity contribution in [3.8, 4) is 0 Å². The first-order chi connectivity index (χ1) is 5.75. The van der Waals surface area contributed by atoms with Gasteiger partial charge in [-0.2, -0.15) is 0 Å². The summed E-state index contributed by atoms with van der Waals surface area (Å²) >= 11 is 0. The van der Waals surface area contributed by atoms with Crippen LogP contribution in [-0.4, -0.2) is 11.9 Å². The van der Waals surface area contributed by atoms with E-state index in [4.69, 9.17) is 5.73 Å². The Labute approximate surface area is 71.3 Å². The Balaban J connectivity index is 2.15. The molecule has 1 amide bonds. The molecule has 1 aliphatic heterocycles. The quantitative estimate of drug-likeness (QED) is 0.540. The fourth-order valence-corrected chi connectivity index (χ4v) is 1.74. The summed E-state index contributed by atoms with van der Waals surface area (Å²) in [7, 11) is 0. The highest BCUT2D eigenvalue weighted by Gasteiger charge is 2.26. The van der Waals surface area contributed by atoms with Gasteiger partial charge in [0.2, 0.25) is 5.91 Å². The number of amides is 1. The van der Waals surface area contributed by atoms with E-state index in [1.54, 1.807) is 0 Å². The first kappa shape index (κ1) is 7.40. The van der Waals surface area contributed by atoms with Crippen LogP contribution in [0.2, 0.25) is 0 Å². The Hall–Kier alpha value is -1.25. The number of piperidine rings is 1. The van der Waals surface area contributed by atoms with E-state index in [-0.39, 0.29) is 11.9 Å². The molecule has 0 radical (unpaired) electrons. The van der Waals surface area contributed by atoms with Gasteiger partial charge >= 0.3 is 0 Å². The molecule has 0 aromatic rings. The number of carbonyl (C=O) groups excluding carboxylic acids is 1. The lowest BCUT2D eigenvalue weighted by Crippen LogP contribution is -2.44. The van der Waals surface area contributed by atoms with Crippen molar-refractivity contribution in [2.75, 3.05) is 0 Å². The van der Waals surface area contributed by atoms with E-state index in [2.05, 4.69) is 5.32 Å². The van der Waals surface area contributed by atoms with Crippen LogP contribution in [0.3, 0.4) is 0 Å². The van der Waals surface area contributed by atoms with Crippen molar-refractivity contribution in [3.63, 3.8) is 0 Å². The number of fused-ring (bicyclic) bond motifs is 1. The fraction of sp³-hybridized carbons (Fsp3) is 0.444. The molecule has 12 heavy (non-hydrogen) atoms. The molecule has 0 aromatic heterocycles. The lowest BCUT2D eigenvalue weighted by Gasteiger charge is -2.30. The summed E-state index contributed by atoms with van der Waals surface area (Å²) in [4.78, 5) is 11.0. The number of rotatable bonds is 0. The Morgan fingerprint density at radius 3 is 3.25 bits per heavy atom. The molecule has 1 saturated heterocycles. The second kappa shape index (κ2) is 2.66. The zero-order chi connectivity index (χ0) is 8.55. The molecule has 1 aliphatic carbocycles. The van der Waals surface area contributed by atoms with Crippen molar-refractivity contribution < 1.29 is 4.79 Å². The maximum absolute atomic E-state index is 11.0. The first-order valence-electron chi connectivity index (χ1n) is 4.20. The van der Waals surface area contributed by atoms with E-state index in [1.165, 1.54) is 0 Å². The van der Waals surface area contributed by atoms with Crippen LogP contribution in [0.25, 0.3) is 0 Å². The average molecular weight is 164 g/mol. The van der Waals surface area contributed by atoms with Crippen LogP contribution in [0.15, 0.2) is 23.9 Å². The normalized spacial score (nSPS) is 33.7. The lowest BCUT2D eigenvalue weighted by molar-refractivity contribution is -0.123. The third-order valence-corrected chi connectivity index (χ3v) is 2.40. The lowest BCUT2D eigenvalue weighted by atomic mass is 9.87. The second-order valence-electron chi connectivity index (χ2n) is 3.32. The number of hydrogen-bond acceptors (Lipinski definition) is 2. The average Bonchev–Trinajstić information content (AvgIpc) is 2.05. The second-order valence-corrected chi connectivity index (χ2v) is 3.32. The summed E-state index contributed by atoms with van der Waals surface area (Å²) in [5.74, 6) is 0.558. The molecule has 64 valence electrons. The van der Waals surface area contributed by atoms with Crippen molar-refractivity contribution in [2.45, 2.75) is 18.9 Å². The van der Waals surface area contributed by atoms with Crippen LogP contribution in [0.4, 0.5) is 0 Å². The van der Waals surface area contributed by atoms with Gasteiger partial charge in [-0.25, -0.2) is 0 Å². The minimum absolute atomic E-state index is 0.148. The standard InChI is InChI=1S/C9H12N2O/c10-7-2-3-8-6(5-7)1-4-9(12)11-8/h2-3,5-6,8H,1,4,10H2,(H,11,12). The Morgan fingerprint density at radius 1 is 1.58 bits per heavy atom. The van der Waals surface area contributed by atoms with Crippen LogP contribution < -0.4 is 11.1 Å². The highest BCUT2D eigenvalue weighted by molar-refractivity contribution is 5.77. The Kier molecular flexibility index (Phi) is 1.64. The SMILES string of the molecule is NC1=CC2CCC(=O)NC2C=C1. The molecule has 2 rings (SSSR count). The molecule has 3 nitrogen and oxygen atoms in total.